The number of hydrogen-bond donors (Lipinski definition) is 2. The van der Waals surface area contributed by atoms with E-state index in [-0.39, 0.29) is 0 Å². The molecule has 3 N–H and O–H groups in total. The highest BCUT2D eigenvalue weighted by Gasteiger charge is 2.04. The van der Waals surface area contributed by atoms with Crippen LogP contribution in [0.5, 0.6) is 0 Å². The van der Waals surface area contributed by atoms with Crippen molar-refractivity contribution in [3.63, 3.8) is 0 Å². The number of nitrogens with one attached hydrogen (secondary N) is 1. The summed E-state index contributed by atoms with van der Waals surface area (Å²) in [6.07, 6.45) is 0. The van der Waals surface area contributed by atoms with Crippen LogP contribution in [0.25, 0.3) is 0 Å². The zero-order valence-corrected chi connectivity index (χ0v) is 10.5. The van der Waals surface area contributed by atoms with E-state index in [1.165, 1.54) is 0 Å². The maximum atomic E-state index is 8.75. The van der Waals surface area contributed by atoms with E-state index in [4.69, 9.17) is 22.6 Å². The molecule has 0 amide bonds. The quantitative estimate of drug-likeness (QED) is 0.867. The van der Waals surface area contributed by atoms with Crippen LogP contribution >= 0.6 is 11.6 Å². The summed E-state index contributed by atoms with van der Waals surface area (Å²) in [6, 6.07) is 10.6. The molecule has 0 aliphatic heterocycles. The van der Waals surface area contributed by atoms with Crippen LogP contribution in [0.3, 0.4) is 0 Å². The number of hydrogen-bond acceptors (Lipinski definition) is 4. The van der Waals surface area contributed by atoms with E-state index in [1.54, 1.807) is 30.3 Å². The summed E-state index contributed by atoms with van der Waals surface area (Å²) in [5.41, 5.74) is 8.32. The van der Waals surface area contributed by atoms with Gasteiger partial charge in [-0.3, -0.25) is 0 Å². The third-order valence-corrected chi connectivity index (χ3v) is 2.80. The molecule has 0 atom stereocenters. The summed E-state index contributed by atoms with van der Waals surface area (Å²) in [6.45, 7) is 1.83. The second kappa shape index (κ2) is 4.94. The summed E-state index contributed by atoms with van der Waals surface area (Å²) in [5, 5.41) is 12.3. The predicted molar refractivity (Wildman–Crippen MR) is 72.8 cm³/mol. The van der Waals surface area contributed by atoms with E-state index >= 15 is 0 Å². The van der Waals surface area contributed by atoms with Crippen molar-refractivity contribution in [3.8, 4) is 6.07 Å². The van der Waals surface area contributed by atoms with Gasteiger partial charge in [0.05, 0.1) is 33.7 Å². The molecule has 4 nitrogen and oxygen atoms in total. The molecule has 5 heteroatoms. The third-order valence-electron chi connectivity index (χ3n) is 2.49. The number of nitrogens with zero attached hydrogens (tertiary/aromatic N) is 2. The molecule has 0 aliphatic rings. The molecule has 0 bridgehead atoms. The molecule has 2 rings (SSSR count). The number of nitrogens with two attached hydrogens (primary N) is 1. The third kappa shape index (κ3) is 2.53. The molecule has 90 valence electrons. The van der Waals surface area contributed by atoms with E-state index in [0.29, 0.717) is 27.8 Å². The van der Waals surface area contributed by atoms with Crippen LogP contribution in [-0.4, -0.2) is 4.98 Å². The van der Waals surface area contributed by atoms with E-state index in [1.807, 2.05) is 13.0 Å². The molecular formula is C13H11ClN4. The van der Waals surface area contributed by atoms with Crippen molar-refractivity contribution >= 4 is 28.8 Å². The fourth-order valence-corrected chi connectivity index (χ4v) is 1.69. The van der Waals surface area contributed by atoms with Crippen LogP contribution in [0.1, 0.15) is 11.3 Å². The minimum atomic E-state index is 0.477. The number of pyridine rings is 1. The first kappa shape index (κ1) is 12.2. The van der Waals surface area contributed by atoms with Gasteiger partial charge in [0.1, 0.15) is 5.82 Å². The monoisotopic (exact) mass is 258 g/mol. The maximum Gasteiger partial charge on any atom is 0.130 e. The number of nitriles is 1. The summed E-state index contributed by atoms with van der Waals surface area (Å²) in [4.78, 5) is 4.29. The number of benzene rings is 1. The molecule has 0 saturated carbocycles. The number of anilines is 3. The fourth-order valence-electron chi connectivity index (χ4n) is 1.47. The van der Waals surface area contributed by atoms with Crippen molar-refractivity contribution in [2.45, 2.75) is 6.92 Å². The summed E-state index contributed by atoms with van der Waals surface area (Å²) in [7, 11) is 0. The molecular weight excluding hydrogens is 248 g/mol. The van der Waals surface area contributed by atoms with Crippen molar-refractivity contribution in [1.82, 2.24) is 4.98 Å². The molecule has 0 saturated heterocycles. The van der Waals surface area contributed by atoms with Crippen molar-refractivity contribution in [1.29, 1.82) is 5.26 Å². The van der Waals surface area contributed by atoms with Crippen LogP contribution in [0.2, 0.25) is 5.02 Å². The van der Waals surface area contributed by atoms with Gasteiger partial charge in [-0.15, -0.1) is 0 Å². The topological polar surface area (TPSA) is 74.7 Å². The van der Waals surface area contributed by atoms with Gasteiger partial charge in [0.2, 0.25) is 0 Å². The van der Waals surface area contributed by atoms with E-state index < -0.39 is 0 Å². The molecule has 0 radical (unpaired) electrons. The second-order valence-corrected chi connectivity index (χ2v) is 4.21. The van der Waals surface area contributed by atoms with Crippen LogP contribution in [0.15, 0.2) is 30.3 Å². The SMILES string of the molecule is Cc1nc(Nc2ccc(C#N)cc2Cl)ccc1N. The standard InChI is InChI=1S/C13H11ClN4/c1-8-11(16)3-5-13(17-8)18-12-4-2-9(7-15)6-10(12)14/h2-6H,16H2,1H3,(H,17,18). The zero-order chi connectivity index (χ0) is 13.1. The van der Waals surface area contributed by atoms with Crippen LogP contribution in [0.4, 0.5) is 17.2 Å². The van der Waals surface area contributed by atoms with Crippen molar-refractivity contribution < 1.29 is 0 Å². The Morgan fingerprint density at radius 2 is 2.11 bits per heavy atom. The largest absolute Gasteiger partial charge is 0.397 e. The molecule has 2 aromatic rings. The van der Waals surface area contributed by atoms with Gasteiger partial charge in [0.15, 0.2) is 0 Å². The highest BCUT2D eigenvalue weighted by Crippen LogP contribution is 2.26. The first-order valence-electron chi connectivity index (χ1n) is 5.30. The van der Waals surface area contributed by atoms with E-state index in [0.717, 1.165) is 5.69 Å². The van der Waals surface area contributed by atoms with Gasteiger partial charge in [0, 0.05) is 0 Å². The molecule has 1 aromatic heterocycles. The normalized spacial score (nSPS) is 9.83. The fraction of sp³-hybridized carbons (Fsp3) is 0.0769. The van der Waals surface area contributed by atoms with Gasteiger partial charge in [-0.05, 0) is 37.3 Å². The Hall–Kier alpha value is -2.25. The zero-order valence-electron chi connectivity index (χ0n) is 9.74. The average molecular weight is 259 g/mol. The predicted octanol–water partition coefficient (Wildman–Crippen LogP) is 3.24. The summed E-state index contributed by atoms with van der Waals surface area (Å²) in [5.74, 6) is 0.660. The van der Waals surface area contributed by atoms with Crippen molar-refractivity contribution in [3.05, 3.63) is 46.6 Å². The number of rotatable bonds is 2. The lowest BCUT2D eigenvalue weighted by Gasteiger charge is -2.09. The summed E-state index contributed by atoms with van der Waals surface area (Å²) >= 11 is 6.06. The molecule has 18 heavy (non-hydrogen) atoms. The van der Waals surface area contributed by atoms with Crippen LogP contribution in [0, 0.1) is 18.3 Å². The number of aryl methyl sites for hydroxylation is 1. The van der Waals surface area contributed by atoms with Gasteiger partial charge >= 0.3 is 0 Å². The van der Waals surface area contributed by atoms with E-state index in [2.05, 4.69) is 10.3 Å². The van der Waals surface area contributed by atoms with Crippen LogP contribution in [-0.2, 0) is 0 Å². The summed E-state index contributed by atoms with van der Waals surface area (Å²) < 4.78 is 0. The Morgan fingerprint density at radius 3 is 2.72 bits per heavy atom. The number of halogens is 1. The Labute approximate surface area is 110 Å². The Kier molecular flexibility index (Phi) is 3.35. The Balaban J connectivity index is 2.29. The van der Waals surface area contributed by atoms with Gasteiger partial charge in [0.25, 0.3) is 0 Å². The van der Waals surface area contributed by atoms with Gasteiger partial charge in [-0.2, -0.15) is 5.26 Å². The van der Waals surface area contributed by atoms with Crippen LogP contribution < -0.4 is 11.1 Å². The number of aromatic nitrogens is 1. The Bertz CT molecular complexity index is 631. The van der Waals surface area contributed by atoms with Gasteiger partial charge in [-0.25, -0.2) is 4.98 Å². The molecule has 0 aliphatic carbocycles. The first-order chi connectivity index (χ1) is 8.60. The smallest absolute Gasteiger partial charge is 0.130 e. The molecule has 1 heterocycles. The molecule has 1 aromatic carbocycles. The van der Waals surface area contributed by atoms with E-state index in [9.17, 15) is 0 Å². The molecule has 0 unspecified atom stereocenters. The molecule has 0 spiro atoms. The maximum absolute atomic E-state index is 8.75. The van der Waals surface area contributed by atoms with Gasteiger partial charge in [-0.1, -0.05) is 11.6 Å². The van der Waals surface area contributed by atoms with Crippen molar-refractivity contribution in [2.75, 3.05) is 11.1 Å². The highest BCUT2D eigenvalue weighted by molar-refractivity contribution is 6.33. The highest BCUT2D eigenvalue weighted by atomic mass is 35.5. The van der Waals surface area contributed by atoms with Crippen molar-refractivity contribution in [2.24, 2.45) is 0 Å². The minimum Gasteiger partial charge on any atom is -0.397 e. The Morgan fingerprint density at radius 1 is 1.33 bits per heavy atom. The van der Waals surface area contributed by atoms with Gasteiger partial charge < -0.3 is 11.1 Å². The number of nitrogen functional groups attached to an aromatic ring is 1. The average Bonchev–Trinajstić information content (AvgIpc) is 2.36. The lowest BCUT2D eigenvalue weighted by Crippen LogP contribution is -1.98. The second-order valence-electron chi connectivity index (χ2n) is 3.80. The molecule has 0 fully saturated rings. The first-order valence-corrected chi connectivity index (χ1v) is 5.68. The minimum absolute atomic E-state index is 0.477. The lowest BCUT2D eigenvalue weighted by molar-refractivity contribution is 1.20. The lowest BCUT2D eigenvalue weighted by atomic mass is 10.2.